The van der Waals surface area contributed by atoms with Crippen LogP contribution in [0.3, 0.4) is 0 Å². The number of anilines is 1. The van der Waals surface area contributed by atoms with Gasteiger partial charge in [0.05, 0.1) is 12.2 Å². The van der Waals surface area contributed by atoms with Crippen LogP contribution in [0.2, 0.25) is 0 Å². The molecule has 3 heteroatoms. The molecule has 1 amide bonds. The molecule has 0 aliphatic heterocycles. The van der Waals surface area contributed by atoms with E-state index in [0.29, 0.717) is 11.1 Å². The Hall–Kier alpha value is -2.39. The molecular weight excluding hydrogens is 346 g/mol. The summed E-state index contributed by atoms with van der Waals surface area (Å²) in [5, 5.41) is 9.92. The number of aliphatic hydroxyl groups is 1. The zero-order valence-corrected chi connectivity index (χ0v) is 18.7. The van der Waals surface area contributed by atoms with Crippen LogP contribution in [0.15, 0.2) is 36.9 Å². The van der Waals surface area contributed by atoms with E-state index in [1.807, 2.05) is 58.0 Å². The molecule has 0 spiro atoms. The molecular formula is C25H35NO2. The molecule has 0 bridgehead atoms. The van der Waals surface area contributed by atoms with Gasteiger partial charge in [-0.15, -0.1) is 0 Å². The number of hydrogen-bond acceptors (Lipinski definition) is 2. The molecule has 2 rings (SSSR count). The lowest BCUT2D eigenvalue weighted by molar-refractivity contribution is 0.0989. The van der Waals surface area contributed by atoms with Crippen LogP contribution in [0, 0.1) is 13.8 Å². The summed E-state index contributed by atoms with van der Waals surface area (Å²) < 4.78 is 0. The molecule has 0 radical (unpaired) electrons. The Balaban J connectivity index is 0.00000190. The average Bonchev–Trinajstić information content (AvgIpc) is 2.68. The number of carbonyl (C=O) groups is 1. The van der Waals surface area contributed by atoms with Crippen LogP contribution in [-0.4, -0.2) is 18.1 Å². The Morgan fingerprint density at radius 3 is 2.29 bits per heavy atom. The molecule has 0 aliphatic carbocycles. The molecule has 0 atom stereocenters. The summed E-state index contributed by atoms with van der Waals surface area (Å²) in [6, 6.07) is 9.85. The van der Waals surface area contributed by atoms with Gasteiger partial charge in [-0.1, -0.05) is 71.5 Å². The minimum atomic E-state index is -0.188. The zero-order chi connectivity index (χ0) is 21.6. The maximum absolute atomic E-state index is 13.3. The average molecular weight is 382 g/mol. The predicted molar refractivity (Wildman–Crippen MR) is 121 cm³/mol. The predicted octanol–water partition coefficient (Wildman–Crippen LogP) is 6.04. The molecule has 0 heterocycles. The van der Waals surface area contributed by atoms with Crippen molar-refractivity contribution >= 4 is 17.7 Å². The first-order valence-electron chi connectivity index (χ1n) is 9.86. The molecule has 1 N–H and O–H groups in total. The summed E-state index contributed by atoms with van der Waals surface area (Å²) in [6.45, 7) is 18.1. The Morgan fingerprint density at radius 1 is 1.18 bits per heavy atom. The Bertz CT molecular complexity index is 844. The Kier molecular flexibility index (Phi) is 8.19. The van der Waals surface area contributed by atoms with Crippen LogP contribution in [-0.2, 0) is 12.0 Å². The Labute approximate surface area is 170 Å². The first kappa shape index (κ1) is 23.6. The van der Waals surface area contributed by atoms with Gasteiger partial charge in [0.15, 0.2) is 0 Å². The van der Waals surface area contributed by atoms with E-state index in [1.54, 1.807) is 18.0 Å². The number of aliphatic hydroxyl groups excluding tert-OH is 1. The summed E-state index contributed by atoms with van der Waals surface area (Å²) in [4.78, 5) is 14.9. The summed E-state index contributed by atoms with van der Waals surface area (Å²) in [5.41, 5.74) is 5.97. The van der Waals surface area contributed by atoms with Crippen LogP contribution in [0.5, 0.6) is 0 Å². The van der Waals surface area contributed by atoms with Crippen molar-refractivity contribution in [1.29, 1.82) is 0 Å². The van der Waals surface area contributed by atoms with Gasteiger partial charge in [0.25, 0.3) is 5.91 Å². The molecule has 0 saturated heterocycles. The molecule has 28 heavy (non-hydrogen) atoms. The SMILES string of the molecule is C=Cc1cc(C(C)(C)C)cc(CO)c1C(=O)N(C)c1cccc(C)c1C.CC. The van der Waals surface area contributed by atoms with E-state index >= 15 is 0 Å². The number of rotatable bonds is 4. The maximum atomic E-state index is 13.3. The van der Waals surface area contributed by atoms with Crippen LogP contribution >= 0.6 is 0 Å². The molecule has 0 fully saturated rings. The first-order chi connectivity index (χ1) is 13.1. The lowest BCUT2D eigenvalue weighted by Gasteiger charge is -2.26. The zero-order valence-electron chi connectivity index (χ0n) is 18.7. The van der Waals surface area contributed by atoms with E-state index in [4.69, 9.17) is 0 Å². The van der Waals surface area contributed by atoms with Crippen molar-refractivity contribution in [2.75, 3.05) is 11.9 Å². The minimum absolute atomic E-state index is 0.0811. The van der Waals surface area contributed by atoms with Crippen molar-refractivity contribution < 1.29 is 9.90 Å². The summed E-state index contributed by atoms with van der Waals surface area (Å²) in [5.74, 6) is -0.141. The van der Waals surface area contributed by atoms with Gasteiger partial charge in [0, 0.05) is 12.7 Å². The van der Waals surface area contributed by atoms with Gasteiger partial charge < -0.3 is 10.0 Å². The van der Waals surface area contributed by atoms with Crippen molar-refractivity contribution in [1.82, 2.24) is 0 Å². The van der Waals surface area contributed by atoms with Crippen LogP contribution in [0.4, 0.5) is 5.69 Å². The largest absolute Gasteiger partial charge is 0.392 e. The fraction of sp³-hybridized carbons (Fsp3) is 0.400. The van der Waals surface area contributed by atoms with Gasteiger partial charge in [0.1, 0.15) is 0 Å². The fourth-order valence-electron chi connectivity index (χ4n) is 3.08. The van der Waals surface area contributed by atoms with Gasteiger partial charge in [0.2, 0.25) is 0 Å². The van der Waals surface area contributed by atoms with Gasteiger partial charge in [-0.05, 0) is 53.1 Å². The molecule has 0 unspecified atom stereocenters. The molecule has 3 nitrogen and oxygen atoms in total. The van der Waals surface area contributed by atoms with Crippen molar-refractivity contribution in [3.05, 3.63) is 70.3 Å². The van der Waals surface area contributed by atoms with Crippen LogP contribution in [0.25, 0.3) is 6.08 Å². The standard InChI is InChI=1S/C23H29NO2.C2H6/c1-8-17-12-19(23(4,5)6)13-18(14-25)21(17)22(26)24(7)20-11-9-10-15(2)16(20)3;1-2/h8-13,25H,1,14H2,2-7H3;1-2H3. The normalized spacial score (nSPS) is 10.8. The fourth-order valence-corrected chi connectivity index (χ4v) is 3.08. The van der Waals surface area contributed by atoms with Crippen molar-refractivity contribution in [2.24, 2.45) is 0 Å². The van der Waals surface area contributed by atoms with Crippen molar-refractivity contribution in [2.45, 2.75) is 60.5 Å². The second kappa shape index (κ2) is 9.70. The highest BCUT2D eigenvalue weighted by Crippen LogP contribution is 2.30. The van der Waals surface area contributed by atoms with E-state index in [2.05, 4.69) is 27.4 Å². The summed E-state index contributed by atoms with van der Waals surface area (Å²) >= 11 is 0. The van der Waals surface area contributed by atoms with Crippen LogP contribution in [0.1, 0.15) is 72.8 Å². The highest BCUT2D eigenvalue weighted by atomic mass is 16.3. The van der Waals surface area contributed by atoms with Gasteiger partial charge in [-0.25, -0.2) is 0 Å². The topological polar surface area (TPSA) is 40.5 Å². The molecule has 0 aliphatic rings. The monoisotopic (exact) mass is 381 g/mol. The van der Waals surface area contributed by atoms with Crippen LogP contribution < -0.4 is 4.90 Å². The number of nitrogens with zero attached hydrogens (tertiary/aromatic N) is 1. The van der Waals surface area contributed by atoms with Gasteiger partial charge in [-0.3, -0.25) is 4.79 Å². The molecule has 152 valence electrons. The lowest BCUT2D eigenvalue weighted by atomic mass is 9.83. The molecule has 0 aromatic heterocycles. The highest BCUT2D eigenvalue weighted by molar-refractivity contribution is 6.09. The van der Waals surface area contributed by atoms with Gasteiger partial charge in [-0.2, -0.15) is 0 Å². The number of amides is 1. The number of carbonyl (C=O) groups excluding carboxylic acids is 1. The van der Waals surface area contributed by atoms with E-state index < -0.39 is 0 Å². The smallest absolute Gasteiger partial charge is 0.258 e. The molecule has 2 aromatic rings. The molecule has 0 saturated carbocycles. The minimum Gasteiger partial charge on any atom is -0.392 e. The van der Waals surface area contributed by atoms with E-state index in [1.165, 1.54) is 0 Å². The number of aryl methyl sites for hydroxylation is 1. The van der Waals surface area contributed by atoms with E-state index in [0.717, 1.165) is 27.9 Å². The number of benzene rings is 2. The highest BCUT2D eigenvalue weighted by Gasteiger charge is 2.24. The third-order valence-corrected chi connectivity index (χ3v) is 4.96. The second-order valence-corrected chi connectivity index (χ2v) is 7.80. The second-order valence-electron chi connectivity index (χ2n) is 7.80. The number of hydrogen-bond donors (Lipinski definition) is 1. The quantitative estimate of drug-likeness (QED) is 0.701. The summed E-state index contributed by atoms with van der Waals surface area (Å²) in [7, 11) is 1.77. The van der Waals surface area contributed by atoms with E-state index in [9.17, 15) is 9.90 Å². The van der Waals surface area contributed by atoms with E-state index in [-0.39, 0.29) is 17.9 Å². The third kappa shape index (κ3) is 4.90. The van der Waals surface area contributed by atoms with Gasteiger partial charge >= 0.3 is 0 Å². The third-order valence-electron chi connectivity index (χ3n) is 4.96. The Morgan fingerprint density at radius 2 is 1.79 bits per heavy atom. The molecule has 2 aromatic carbocycles. The summed E-state index contributed by atoms with van der Waals surface area (Å²) in [6.07, 6.45) is 1.69. The van der Waals surface area contributed by atoms with Crippen molar-refractivity contribution in [3.63, 3.8) is 0 Å². The first-order valence-corrected chi connectivity index (χ1v) is 9.86. The lowest BCUT2D eigenvalue weighted by Crippen LogP contribution is -2.29. The maximum Gasteiger partial charge on any atom is 0.258 e. The van der Waals surface area contributed by atoms with Crippen molar-refractivity contribution in [3.8, 4) is 0 Å².